The van der Waals surface area contributed by atoms with Crippen molar-refractivity contribution in [3.05, 3.63) is 87.5 Å². The summed E-state index contributed by atoms with van der Waals surface area (Å²) in [5.74, 6) is 1.15. The lowest BCUT2D eigenvalue weighted by Gasteiger charge is -2.23. The third kappa shape index (κ3) is 4.20. The monoisotopic (exact) mass is 376 g/mol. The Bertz CT molecular complexity index is 1050. The van der Waals surface area contributed by atoms with Crippen LogP contribution in [0, 0.1) is 11.3 Å². The number of aromatic nitrogens is 1. The molecule has 1 aromatic rings. The van der Waals surface area contributed by atoms with Gasteiger partial charge >= 0.3 is 0 Å². The Kier molecular flexibility index (Phi) is 5.44. The van der Waals surface area contributed by atoms with Crippen LogP contribution in [0.2, 0.25) is 0 Å². The van der Waals surface area contributed by atoms with Gasteiger partial charge in [-0.25, -0.2) is 4.99 Å². The van der Waals surface area contributed by atoms with E-state index in [4.69, 9.17) is 11.1 Å². The number of aryl methyl sites for hydroxylation is 1. The van der Waals surface area contributed by atoms with Gasteiger partial charge in [0.25, 0.3) is 0 Å². The lowest BCUT2D eigenvalue weighted by Crippen LogP contribution is -2.26. The van der Waals surface area contributed by atoms with E-state index < -0.39 is 0 Å². The Hall–Kier alpha value is -3.61. The highest BCUT2D eigenvalue weighted by Crippen LogP contribution is 2.24. The van der Waals surface area contributed by atoms with Gasteiger partial charge in [-0.2, -0.15) is 0 Å². The fourth-order valence-electron chi connectivity index (χ4n) is 2.81. The summed E-state index contributed by atoms with van der Waals surface area (Å²) in [4.78, 5) is 16.0. The van der Waals surface area contributed by atoms with Crippen LogP contribution in [0.3, 0.4) is 0 Å². The Balaban J connectivity index is 1.83. The van der Waals surface area contributed by atoms with Gasteiger partial charge in [-0.3, -0.25) is 4.79 Å². The van der Waals surface area contributed by atoms with Crippen molar-refractivity contribution < 1.29 is 0 Å². The molecule has 0 aliphatic carbocycles. The molecular weight excluding hydrogens is 352 g/mol. The first kappa shape index (κ1) is 19.2. The molecule has 0 radical (unpaired) electrons. The van der Waals surface area contributed by atoms with Gasteiger partial charge in [-0.15, -0.1) is 0 Å². The van der Waals surface area contributed by atoms with Crippen LogP contribution in [-0.4, -0.2) is 16.6 Å². The molecule has 3 heterocycles. The average Bonchev–Trinajstić information content (AvgIpc) is 2.67. The standard InChI is InChI=1S/C21H24N6O/c1-13(2)15(10-22)9-19(23)26-20-6-5-17-18(25-20)8-16(11-24-17)14-4-7-21(28)27(3)12-14/h4-13,22,24-25H,1-3H3,(H2,23,26). The summed E-state index contributed by atoms with van der Waals surface area (Å²) in [6, 6.07) is 3.35. The number of hydrogen-bond acceptors (Lipinski definition) is 5. The van der Waals surface area contributed by atoms with Crippen LogP contribution in [0.25, 0.3) is 5.57 Å². The molecule has 0 atom stereocenters. The van der Waals surface area contributed by atoms with Crippen LogP contribution in [0.15, 0.2) is 81.4 Å². The summed E-state index contributed by atoms with van der Waals surface area (Å²) in [6.45, 7) is 4.01. The van der Waals surface area contributed by atoms with Gasteiger partial charge < -0.3 is 26.3 Å². The third-order valence-corrected chi connectivity index (χ3v) is 4.46. The third-order valence-electron chi connectivity index (χ3n) is 4.46. The zero-order valence-corrected chi connectivity index (χ0v) is 16.2. The van der Waals surface area contributed by atoms with Crippen LogP contribution >= 0.6 is 0 Å². The fourth-order valence-corrected chi connectivity index (χ4v) is 2.81. The minimum absolute atomic E-state index is 0.0501. The van der Waals surface area contributed by atoms with Crippen molar-refractivity contribution in [2.75, 3.05) is 0 Å². The Labute approximate surface area is 163 Å². The van der Waals surface area contributed by atoms with Crippen LogP contribution in [0.1, 0.15) is 19.4 Å². The molecule has 0 unspecified atom stereocenters. The number of pyridine rings is 1. The summed E-state index contributed by atoms with van der Waals surface area (Å²) >= 11 is 0. The van der Waals surface area contributed by atoms with E-state index in [-0.39, 0.29) is 11.5 Å². The number of amidine groups is 1. The van der Waals surface area contributed by atoms with Gasteiger partial charge in [0.1, 0.15) is 11.7 Å². The highest BCUT2D eigenvalue weighted by atomic mass is 16.1. The molecule has 2 aliphatic heterocycles. The smallest absolute Gasteiger partial charge is 0.250 e. The largest absolute Gasteiger partial charge is 0.384 e. The predicted octanol–water partition coefficient (Wildman–Crippen LogP) is 2.13. The molecular formula is C21H24N6O. The summed E-state index contributed by atoms with van der Waals surface area (Å²) in [7, 11) is 1.73. The topological polar surface area (TPSA) is 108 Å². The first-order valence-electron chi connectivity index (χ1n) is 8.98. The van der Waals surface area contributed by atoms with E-state index in [1.165, 1.54) is 6.21 Å². The van der Waals surface area contributed by atoms with Gasteiger partial charge in [0.05, 0.1) is 11.4 Å². The number of aliphatic imine (C=N–C) groups is 1. The molecule has 0 aromatic carbocycles. The van der Waals surface area contributed by atoms with Crippen LogP contribution < -0.4 is 21.9 Å². The van der Waals surface area contributed by atoms with E-state index in [0.29, 0.717) is 11.7 Å². The van der Waals surface area contributed by atoms with Crippen molar-refractivity contribution in [2.24, 2.45) is 23.7 Å². The highest BCUT2D eigenvalue weighted by molar-refractivity contribution is 5.97. The molecule has 5 N–H and O–H groups in total. The maximum absolute atomic E-state index is 11.6. The molecule has 7 heteroatoms. The normalized spacial score (nSPS) is 16.9. The molecule has 2 aliphatic rings. The molecule has 0 bridgehead atoms. The maximum atomic E-state index is 11.6. The van der Waals surface area contributed by atoms with Crippen LogP contribution in [0.4, 0.5) is 0 Å². The van der Waals surface area contributed by atoms with E-state index in [0.717, 1.165) is 28.1 Å². The number of nitrogens with two attached hydrogens (primary N) is 1. The molecule has 3 rings (SSSR count). The van der Waals surface area contributed by atoms with Gasteiger partial charge in [0.2, 0.25) is 5.56 Å². The van der Waals surface area contributed by atoms with Crippen molar-refractivity contribution in [1.29, 1.82) is 5.41 Å². The average molecular weight is 376 g/mol. The second-order valence-corrected chi connectivity index (χ2v) is 6.91. The molecule has 0 fully saturated rings. The second kappa shape index (κ2) is 7.96. The molecule has 1 aromatic heterocycles. The molecule has 0 saturated carbocycles. The number of nitrogens with zero attached hydrogens (tertiary/aromatic N) is 2. The number of hydrogen-bond donors (Lipinski definition) is 4. The molecule has 144 valence electrons. The van der Waals surface area contributed by atoms with Crippen molar-refractivity contribution in [1.82, 2.24) is 15.2 Å². The summed E-state index contributed by atoms with van der Waals surface area (Å²) < 4.78 is 1.55. The second-order valence-electron chi connectivity index (χ2n) is 6.91. The van der Waals surface area contributed by atoms with Gasteiger partial charge in [0.15, 0.2) is 0 Å². The van der Waals surface area contributed by atoms with Crippen molar-refractivity contribution in [3.63, 3.8) is 0 Å². The minimum atomic E-state index is -0.0501. The number of dihydropyridines is 2. The molecule has 0 amide bonds. The van der Waals surface area contributed by atoms with Gasteiger partial charge in [-0.05, 0) is 47.4 Å². The summed E-state index contributed by atoms with van der Waals surface area (Å²) in [6.07, 6.45) is 12.5. The molecule has 7 nitrogen and oxygen atoms in total. The maximum Gasteiger partial charge on any atom is 0.250 e. The fraction of sp³-hybridized carbons (Fsp3) is 0.190. The van der Waals surface area contributed by atoms with E-state index in [1.807, 2.05) is 38.3 Å². The summed E-state index contributed by atoms with van der Waals surface area (Å²) in [5.41, 5.74) is 10.4. The van der Waals surface area contributed by atoms with Gasteiger partial charge in [-0.1, -0.05) is 13.8 Å². The number of allylic oxidation sites excluding steroid dienone is 5. The summed E-state index contributed by atoms with van der Waals surface area (Å²) in [5, 5.41) is 14.0. The van der Waals surface area contributed by atoms with Crippen molar-refractivity contribution in [3.8, 4) is 0 Å². The number of nitrogens with one attached hydrogen (secondary N) is 3. The molecule has 28 heavy (non-hydrogen) atoms. The zero-order chi connectivity index (χ0) is 20.3. The van der Waals surface area contributed by atoms with Crippen molar-refractivity contribution >= 4 is 17.6 Å². The Morgan fingerprint density at radius 1 is 1.29 bits per heavy atom. The Morgan fingerprint density at radius 3 is 2.75 bits per heavy atom. The SMILES string of the molecule is CC(C)C(C=N)=CC(N)=NC1=CC=C2NC=C(c3ccc(=O)n(C)c3)C=C2N1. The number of fused-ring (bicyclic) bond motifs is 1. The van der Waals surface area contributed by atoms with E-state index in [9.17, 15) is 4.79 Å². The number of rotatable bonds is 5. The van der Waals surface area contributed by atoms with Crippen LogP contribution in [0.5, 0.6) is 0 Å². The highest BCUT2D eigenvalue weighted by Gasteiger charge is 2.16. The lowest BCUT2D eigenvalue weighted by molar-refractivity contribution is 0.806. The quantitative estimate of drug-likeness (QED) is 0.466. The van der Waals surface area contributed by atoms with E-state index >= 15 is 0 Å². The molecule has 0 spiro atoms. The molecule has 0 saturated heterocycles. The predicted molar refractivity (Wildman–Crippen MR) is 114 cm³/mol. The van der Waals surface area contributed by atoms with E-state index in [2.05, 4.69) is 15.6 Å². The first-order valence-corrected chi connectivity index (χ1v) is 8.98. The Morgan fingerprint density at radius 2 is 2.07 bits per heavy atom. The van der Waals surface area contributed by atoms with Gasteiger partial charge in [0, 0.05) is 37.3 Å². The van der Waals surface area contributed by atoms with E-state index in [1.54, 1.807) is 36.0 Å². The lowest BCUT2D eigenvalue weighted by atomic mass is 10.0. The minimum Gasteiger partial charge on any atom is -0.384 e. The first-order chi connectivity index (χ1) is 13.4. The van der Waals surface area contributed by atoms with Crippen molar-refractivity contribution in [2.45, 2.75) is 13.8 Å². The van der Waals surface area contributed by atoms with Crippen LogP contribution in [-0.2, 0) is 7.05 Å². The zero-order valence-electron chi connectivity index (χ0n) is 16.2.